The third-order valence-corrected chi connectivity index (χ3v) is 4.95. The van der Waals surface area contributed by atoms with Gasteiger partial charge < -0.3 is 15.4 Å². The second-order valence-electron chi connectivity index (χ2n) is 6.79. The topological polar surface area (TPSA) is 84.5 Å². The average molecular weight is 482 g/mol. The lowest BCUT2D eigenvalue weighted by Gasteiger charge is -2.21. The summed E-state index contributed by atoms with van der Waals surface area (Å²) in [7, 11) is 0. The molecule has 0 aliphatic rings. The number of carbonyl (C=O) groups is 3. The summed E-state index contributed by atoms with van der Waals surface area (Å²) >= 11 is 9.34. The molecule has 6 nitrogen and oxygen atoms in total. The molecule has 2 amide bonds. The van der Waals surface area contributed by atoms with Gasteiger partial charge in [0.25, 0.3) is 11.8 Å². The van der Waals surface area contributed by atoms with Crippen molar-refractivity contribution in [2.75, 3.05) is 11.9 Å². The number of hydrogen-bond acceptors (Lipinski definition) is 4. The third kappa shape index (κ3) is 6.58. The molecule has 0 unspecified atom stereocenters. The van der Waals surface area contributed by atoms with Crippen LogP contribution >= 0.6 is 27.5 Å². The highest BCUT2D eigenvalue weighted by molar-refractivity contribution is 9.10. The van der Waals surface area contributed by atoms with Crippen LogP contribution in [0.4, 0.5) is 5.69 Å². The van der Waals surface area contributed by atoms with E-state index in [0.717, 1.165) is 10.0 Å². The van der Waals surface area contributed by atoms with Gasteiger partial charge in [-0.1, -0.05) is 59.6 Å². The number of benzene rings is 2. The van der Waals surface area contributed by atoms with Gasteiger partial charge in [-0.05, 0) is 42.7 Å². The van der Waals surface area contributed by atoms with E-state index in [1.807, 2.05) is 19.1 Å². The average Bonchev–Trinajstić information content (AvgIpc) is 2.66. The van der Waals surface area contributed by atoms with Crippen LogP contribution in [-0.2, 0) is 14.3 Å². The van der Waals surface area contributed by atoms with E-state index < -0.39 is 24.5 Å². The summed E-state index contributed by atoms with van der Waals surface area (Å²) in [5, 5.41) is 5.62. The van der Waals surface area contributed by atoms with Crippen LogP contribution < -0.4 is 10.6 Å². The summed E-state index contributed by atoms with van der Waals surface area (Å²) in [6, 6.07) is 11.2. The van der Waals surface area contributed by atoms with Crippen molar-refractivity contribution in [1.29, 1.82) is 0 Å². The summed E-state index contributed by atoms with van der Waals surface area (Å²) in [5.41, 5.74) is 1.68. The zero-order chi connectivity index (χ0) is 21.6. The summed E-state index contributed by atoms with van der Waals surface area (Å²) < 4.78 is 5.89. The quantitative estimate of drug-likeness (QED) is 0.576. The Hall–Kier alpha value is -2.38. The lowest BCUT2D eigenvalue weighted by atomic mass is 10.0. The van der Waals surface area contributed by atoms with E-state index >= 15 is 0 Å². The van der Waals surface area contributed by atoms with Gasteiger partial charge in [-0.3, -0.25) is 9.59 Å². The Morgan fingerprint density at radius 2 is 1.83 bits per heavy atom. The van der Waals surface area contributed by atoms with Crippen molar-refractivity contribution >= 4 is 51.0 Å². The van der Waals surface area contributed by atoms with Crippen LogP contribution in [0.25, 0.3) is 0 Å². The SMILES string of the molecule is Cc1ccccc1C(=O)N[C@H](C(=O)OCC(=O)Nc1ccc(Br)cc1Cl)C(C)C. The van der Waals surface area contributed by atoms with Crippen molar-refractivity contribution in [2.45, 2.75) is 26.8 Å². The molecule has 0 aliphatic heterocycles. The Kier molecular flexibility index (Phi) is 8.22. The van der Waals surface area contributed by atoms with Gasteiger partial charge in [-0.15, -0.1) is 0 Å². The van der Waals surface area contributed by atoms with Crippen LogP contribution in [0.3, 0.4) is 0 Å². The van der Waals surface area contributed by atoms with Gasteiger partial charge in [0.05, 0.1) is 10.7 Å². The number of hydrogen-bond donors (Lipinski definition) is 2. The van der Waals surface area contributed by atoms with Crippen molar-refractivity contribution in [1.82, 2.24) is 5.32 Å². The molecule has 2 rings (SSSR count). The highest BCUT2D eigenvalue weighted by Gasteiger charge is 2.27. The zero-order valence-electron chi connectivity index (χ0n) is 16.3. The van der Waals surface area contributed by atoms with Gasteiger partial charge in [0.1, 0.15) is 6.04 Å². The van der Waals surface area contributed by atoms with Crippen LogP contribution in [0.5, 0.6) is 0 Å². The van der Waals surface area contributed by atoms with Crippen molar-refractivity contribution in [3.8, 4) is 0 Å². The summed E-state index contributed by atoms with van der Waals surface area (Å²) in [6.07, 6.45) is 0. The molecule has 0 heterocycles. The minimum absolute atomic E-state index is 0.223. The molecule has 1 atom stereocenters. The molecule has 0 aromatic heterocycles. The number of ether oxygens (including phenoxy) is 1. The van der Waals surface area contributed by atoms with Crippen molar-refractivity contribution in [2.24, 2.45) is 5.92 Å². The number of anilines is 1. The molecule has 0 saturated heterocycles. The maximum Gasteiger partial charge on any atom is 0.329 e. The Balaban J connectivity index is 1.96. The molecular formula is C21H22BrClN2O4. The fourth-order valence-corrected chi connectivity index (χ4v) is 3.27. The van der Waals surface area contributed by atoms with Crippen molar-refractivity contribution < 1.29 is 19.1 Å². The second-order valence-corrected chi connectivity index (χ2v) is 8.11. The number of carbonyl (C=O) groups excluding carboxylic acids is 3. The first-order chi connectivity index (χ1) is 13.7. The van der Waals surface area contributed by atoms with Gasteiger partial charge in [-0.25, -0.2) is 4.79 Å². The van der Waals surface area contributed by atoms with Crippen molar-refractivity contribution in [3.63, 3.8) is 0 Å². The molecular weight excluding hydrogens is 460 g/mol. The molecule has 2 N–H and O–H groups in total. The van der Waals surface area contributed by atoms with E-state index in [0.29, 0.717) is 16.3 Å². The minimum Gasteiger partial charge on any atom is -0.454 e. The Labute approximate surface area is 183 Å². The van der Waals surface area contributed by atoms with E-state index in [2.05, 4.69) is 26.6 Å². The van der Waals surface area contributed by atoms with Gasteiger partial charge >= 0.3 is 5.97 Å². The molecule has 2 aromatic rings. The van der Waals surface area contributed by atoms with Crippen LogP contribution in [0, 0.1) is 12.8 Å². The zero-order valence-corrected chi connectivity index (χ0v) is 18.6. The van der Waals surface area contributed by atoms with E-state index in [4.69, 9.17) is 16.3 Å². The second kappa shape index (κ2) is 10.4. The molecule has 8 heteroatoms. The van der Waals surface area contributed by atoms with E-state index in [1.54, 1.807) is 44.2 Å². The fourth-order valence-electron chi connectivity index (χ4n) is 2.55. The third-order valence-electron chi connectivity index (χ3n) is 4.15. The molecule has 0 radical (unpaired) electrons. The number of rotatable bonds is 7. The predicted octanol–water partition coefficient (Wildman–Crippen LogP) is 4.35. The summed E-state index contributed by atoms with van der Waals surface area (Å²) in [5.74, 6) is -1.81. The minimum atomic E-state index is -0.883. The number of esters is 1. The van der Waals surface area contributed by atoms with Gasteiger partial charge in [-0.2, -0.15) is 0 Å². The monoisotopic (exact) mass is 480 g/mol. The molecule has 0 aliphatic carbocycles. The molecule has 0 fully saturated rings. The standard InChI is InChI=1S/C21H22BrClN2O4/c1-12(2)19(25-20(27)15-7-5-4-6-13(15)3)21(28)29-11-18(26)24-17-9-8-14(22)10-16(17)23/h4-10,12,19H,11H2,1-3H3,(H,24,26)(H,25,27)/t19-/m0/s1. The van der Waals surface area contributed by atoms with E-state index in [9.17, 15) is 14.4 Å². The number of amides is 2. The van der Waals surface area contributed by atoms with E-state index in [-0.39, 0.29) is 11.8 Å². The first-order valence-corrected chi connectivity index (χ1v) is 10.1. The normalized spacial score (nSPS) is 11.7. The van der Waals surface area contributed by atoms with Crippen molar-refractivity contribution in [3.05, 3.63) is 63.1 Å². The van der Waals surface area contributed by atoms with Gasteiger partial charge in [0, 0.05) is 10.0 Å². The molecule has 0 bridgehead atoms. The van der Waals surface area contributed by atoms with Gasteiger partial charge in [0.2, 0.25) is 0 Å². The van der Waals surface area contributed by atoms with E-state index in [1.165, 1.54) is 0 Å². The molecule has 29 heavy (non-hydrogen) atoms. The maximum atomic E-state index is 12.5. The highest BCUT2D eigenvalue weighted by Crippen LogP contribution is 2.25. The first kappa shape index (κ1) is 22.9. The molecule has 0 saturated carbocycles. The van der Waals surface area contributed by atoms with Gasteiger partial charge in [0.15, 0.2) is 6.61 Å². The van der Waals surface area contributed by atoms with Crippen LogP contribution in [0.2, 0.25) is 5.02 Å². The molecule has 154 valence electrons. The fraction of sp³-hybridized carbons (Fsp3) is 0.286. The molecule has 2 aromatic carbocycles. The van der Waals surface area contributed by atoms with Crippen LogP contribution in [-0.4, -0.2) is 30.4 Å². The number of nitrogens with one attached hydrogen (secondary N) is 2. The lowest BCUT2D eigenvalue weighted by Crippen LogP contribution is -2.46. The number of halogens is 2. The highest BCUT2D eigenvalue weighted by atomic mass is 79.9. The predicted molar refractivity (Wildman–Crippen MR) is 116 cm³/mol. The Morgan fingerprint density at radius 3 is 2.45 bits per heavy atom. The van der Waals surface area contributed by atoms with Crippen LogP contribution in [0.1, 0.15) is 29.8 Å². The largest absolute Gasteiger partial charge is 0.454 e. The number of aryl methyl sites for hydroxylation is 1. The Morgan fingerprint density at radius 1 is 1.14 bits per heavy atom. The summed E-state index contributed by atoms with van der Waals surface area (Å²) in [4.78, 5) is 37.1. The summed E-state index contributed by atoms with van der Waals surface area (Å²) in [6.45, 7) is 4.89. The Bertz CT molecular complexity index is 917. The molecule has 0 spiro atoms. The lowest BCUT2D eigenvalue weighted by molar-refractivity contribution is -0.150. The van der Waals surface area contributed by atoms with Crippen LogP contribution in [0.15, 0.2) is 46.9 Å². The smallest absolute Gasteiger partial charge is 0.329 e. The first-order valence-electron chi connectivity index (χ1n) is 8.97. The maximum absolute atomic E-state index is 12.5.